The van der Waals surface area contributed by atoms with Crippen LogP contribution in [0.3, 0.4) is 0 Å². The summed E-state index contributed by atoms with van der Waals surface area (Å²) >= 11 is 0. The van der Waals surface area contributed by atoms with Gasteiger partial charge in [0, 0.05) is 18.4 Å². The molecule has 0 aliphatic heterocycles. The number of fused-ring (bicyclic) bond motifs is 1. The number of hydrogen-bond acceptors (Lipinski definition) is 4. The van der Waals surface area contributed by atoms with E-state index in [0.717, 1.165) is 5.39 Å². The fraction of sp³-hybridized carbons (Fsp3) is 0.133. The molecule has 0 spiro atoms. The van der Waals surface area contributed by atoms with Crippen LogP contribution in [0, 0.1) is 0 Å². The van der Waals surface area contributed by atoms with Crippen molar-refractivity contribution in [3.8, 4) is 5.75 Å². The third kappa shape index (κ3) is 2.69. The van der Waals surface area contributed by atoms with Gasteiger partial charge in [-0.25, -0.2) is 4.98 Å². The fourth-order valence-electron chi connectivity index (χ4n) is 2.18. The van der Waals surface area contributed by atoms with Crippen LogP contribution in [0.15, 0.2) is 42.7 Å². The first-order chi connectivity index (χ1) is 10.3. The topological polar surface area (TPSA) is 90.9 Å². The van der Waals surface area contributed by atoms with Crippen molar-refractivity contribution < 1.29 is 9.90 Å². The lowest BCUT2D eigenvalue weighted by Crippen LogP contribution is -2.26. The predicted molar refractivity (Wildman–Crippen MR) is 78.0 cm³/mol. The molecule has 0 unspecified atom stereocenters. The van der Waals surface area contributed by atoms with Gasteiger partial charge in [-0.15, -0.1) is 0 Å². The summed E-state index contributed by atoms with van der Waals surface area (Å²) in [7, 11) is 0. The normalized spacial score (nSPS) is 10.7. The van der Waals surface area contributed by atoms with Crippen LogP contribution in [0.5, 0.6) is 5.75 Å². The van der Waals surface area contributed by atoms with Crippen LogP contribution >= 0.6 is 0 Å². The lowest BCUT2D eigenvalue weighted by molar-refractivity contribution is 0.0951. The first-order valence-corrected chi connectivity index (χ1v) is 6.59. The Morgan fingerprint density at radius 1 is 1.24 bits per heavy atom. The zero-order valence-corrected chi connectivity index (χ0v) is 11.2. The summed E-state index contributed by atoms with van der Waals surface area (Å²) in [4.78, 5) is 16.1. The predicted octanol–water partition coefficient (Wildman–Crippen LogP) is 1.64. The standard InChI is InChI=1S/C15H14N4O2/c20-14-11-4-2-1-3-10(11)5-6-12(14)15(21)16-8-7-13-17-9-18-19-13/h1-6,9,20H,7-8H2,(H,16,21)(H,17,18,19). The molecule has 0 saturated carbocycles. The number of rotatable bonds is 4. The second-order valence-electron chi connectivity index (χ2n) is 4.62. The van der Waals surface area contributed by atoms with Crippen molar-refractivity contribution in [2.45, 2.75) is 6.42 Å². The number of phenolic OH excluding ortho intramolecular Hbond substituents is 1. The Labute approximate surface area is 120 Å². The maximum Gasteiger partial charge on any atom is 0.255 e. The molecule has 3 aromatic rings. The minimum Gasteiger partial charge on any atom is -0.506 e. The van der Waals surface area contributed by atoms with Gasteiger partial charge in [-0.3, -0.25) is 9.89 Å². The number of aromatic nitrogens is 3. The average Bonchev–Trinajstić information content (AvgIpc) is 3.01. The fourth-order valence-corrected chi connectivity index (χ4v) is 2.18. The molecule has 1 heterocycles. The summed E-state index contributed by atoms with van der Waals surface area (Å²) in [6.45, 7) is 0.417. The lowest BCUT2D eigenvalue weighted by atomic mass is 10.0. The molecule has 6 heteroatoms. The van der Waals surface area contributed by atoms with Crippen LogP contribution in [0.4, 0.5) is 0 Å². The molecule has 21 heavy (non-hydrogen) atoms. The van der Waals surface area contributed by atoms with E-state index in [2.05, 4.69) is 20.5 Å². The first kappa shape index (κ1) is 13.1. The maximum atomic E-state index is 12.1. The van der Waals surface area contributed by atoms with Crippen LogP contribution in [-0.4, -0.2) is 32.7 Å². The molecule has 0 bridgehead atoms. The lowest BCUT2D eigenvalue weighted by Gasteiger charge is -2.08. The van der Waals surface area contributed by atoms with Gasteiger partial charge in [-0.2, -0.15) is 5.10 Å². The number of nitrogens with one attached hydrogen (secondary N) is 2. The van der Waals surface area contributed by atoms with Gasteiger partial charge in [0.1, 0.15) is 17.9 Å². The number of benzene rings is 2. The number of amides is 1. The zero-order chi connectivity index (χ0) is 14.7. The molecule has 1 amide bonds. The van der Waals surface area contributed by atoms with Gasteiger partial charge >= 0.3 is 0 Å². The van der Waals surface area contributed by atoms with E-state index in [0.29, 0.717) is 24.2 Å². The van der Waals surface area contributed by atoms with E-state index in [9.17, 15) is 9.90 Å². The number of aromatic hydroxyl groups is 1. The van der Waals surface area contributed by atoms with Gasteiger partial charge < -0.3 is 10.4 Å². The average molecular weight is 282 g/mol. The highest BCUT2D eigenvalue weighted by Crippen LogP contribution is 2.28. The number of aromatic amines is 1. The van der Waals surface area contributed by atoms with Crippen molar-refractivity contribution in [1.29, 1.82) is 0 Å². The van der Waals surface area contributed by atoms with Crippen molar-refractivity contribution in [3.05, 3.63) is 54.1 Å². The van der Waals surface area contributed by atoms with Crippen LogP contribution < -0.4 is 5.32 Å². The van der Waals surface area contributed by atoms with E-state index in [4.69, 9.17) is 0 Å². The quantitative estimate of drug-likeness (QED) is 0.678. The number of H-pyrrole nitrogens is 1. The Morgan fingerprint density at radius 3 is 2.90 bits per heavy atom. The highest BCUT2D eigenvalue weighted by atomic mass is 16.3. The second kappa shape index (κ2) is 5.62. The molecule has 2 aromatic carbocycles. The summed E-state index contributed by atoms with van der Waals surface area (Å²) in [6, 6.07) is 10.8. The summed E-state index contributed by atoms with van der Waals surface area (Å²) in [5.41, 5.74) is 0.270. The summed E-state index contributed by atoms with van der Waals surface area (Å²) in [5, 5.41) is 21.0. The van der Waals surface area contributed by atoms with Gasteiger partial charge in [0.05, 0.1) is 5.56 Å². The Hall–Kier alpha value is -2.89. The summed E-state index contributed by atoms with van der Waals surface area (Å²) in [6.07, 6.45) is 1.98. The highest BCUT2D eigenvalue weighted by molar-refractivity contribution is 6.03. The molecular formula is C15H14N4O2. The Kier molecular flexibility index (Phi) is 3.51. The van der Waals surface area contributed by atoms with E-state index in [1.807, 2.05) is 24.3 Å². The van der Waals surface area contributed by atoms with Crippen molar-refractivity contribution >= 4 is 16.7 Å². The van der Waals surface area contributed by atoms with Crippen molar-refractivity contribution in [1.82, 2.24) is 20.5 Å². The van der Waals surface area contributed by atoms with Gasteiger partial charge in [-0.05, 0) is 11.5 Å². The molecule has 0 aliphatic rings. The molecule has 0 atom stereocenters. The molecule has 0 radical (unpaired) electrons. The molecular weight excluding hydrogens is 268 g/mol. The highest BCUT2D eigenvalue weighted by Gasteiger charge is 2.13. The zero-order valence-electron chi connectivity index (χ0n) is 11.2. The minimum absolute atomic E-state index is 0.00488. The van der Waals surface area contributed by atoms with Gasteiger partial charge in [0.15, 0.2) is 0 Å². The monoisotopic (exact) mass is 282 g/mol. The minimum atomic E-state index is -0.308. The number of nitrogens with zero attached hydrogens (tertiary/aromatic N) is 2. The van der Waals surface area contributed by atoms with Crippen molar-refractivity contribution in [3.63, 3.8) is 0 Å². The summed E-state index contributed by atoms with van der Waals surface area (Å²) in [5.74, 6) is 0.404. The number of phenols is 1. The third-order valence-corrected chi connectivity index (χ3v) is 3.26. The Balaban J connectivity index is 1.74. The van der Waals surface area contributed by atoms with E-state index >= 15 is 0 Å². The Bertz CT molecular complexity index is 768. The molecule has 3 rings (SSSR count). The second-order valence-corrected chi connectivity index (χ2v) is 4.62. The SMILES string of the molecule is O=C(NCCc1ncn[nH]1)c1ccc2ccccc2c1O. The number of carbonyl (C=O) groups excluding carboxylic acids is 1. The summed E-state index contributed by atoms with van der Waals surface area (Å²) < 4.78 is 0. The van der Waals surface area contributed by atoms with Crippen LogP contribution in [0.1, 0.15) is 16.2 Å². The van der Waals surface area contributed by atoms with E-state index in [-0.39, 0.29) is 17.2 Å². The number of carbonyl (C=O) groups is 1. The van der Waals surface area contributed by atoms with E-state index in [1.165, 1.54) is 6.33 Å². The Morgan fingerprint density at radius 2 is 2.10 bits per heavy atom. The molecule has 0 aliphatic carbocycles. The largest absolute Gasteiger partial charge is 0.506 e. The van der Waals surface area contributed by atoms with E-state index < -0.39 is 0 Å². The number of hydrogen-bond donors (Lipinski definition) is 3. The molecule has 1 aromatic heterocycles. The van der Waals surface area contributed by atoms with Crippen LogP contribution in [-0.2, 0) is 6.42 Å². The smallest absolute Gasteiger partial charge is 0.255 e. The molecule has 6 nitrogen and oxygen atoms in total. The van der Waals surface area contributed by atoms with Gasteiger partial charge in [-0.1, -0.05) is 30.3 Å². The van der Waals surface area contributed by atoms with Crippen LogP contribution in [0.2, 0.25) is 0 Å². The molecule has 106 valence electrons. The maximum absolute atomic E-state index is 12.1. The van der Waals surface area contributed by atoms with Crippen LogP contribution in [0.25, 0.3) is 10.8 Å². The molecule has 0 saturated heterocycles. The van der Waals surface area contributed by atoms with Gasteiger partial charge in [0.25, 0.3) is 5.91 Å². The first-order valence-electron chi connectivity index (χ1n) is 6.59. The molecule has 0 fully saturated rings. The van der Waals surface area contributed by atoms with Crippen molar-refractivity contribution in [2.24, 2.45) is 0 Å². The van der Waals surface area contributed by atoms with E-state index in [1.54, 1.807) is 12.1 Å². The van der Waals surface area contributed by atoms with Gasteiger partial charge in [0.2, 0.25) is 0 Å². The third-order valence-electron chi connectivity index (χ3n) is 3.26. The van der Waals surface area contributed by atoms with Crippen molar-refractivity contribution in [2.75, 3.05) is 6.54 Å². The molecule has 3 N–H and O–H groups in total.